The Morgan fingerprint density at radius 2 is 2.10 bits per heavy atom. The Labute approximate surface area is 184 Å². The number of nitrogens with one attached hydrogen (secondary N) is 1. The highest BCUT2D eigenvalue weighted by atomic mass is 79.9. The summed E-state index contributed by atoms with van der Waals surface area (Å²) in [4.78, 5) is 22.4. The fraction of sp³-hybridized carbons (Fsp3) is 0.476. The van der Waals surface area contributed by atoms with Crippen LogP contribution in [0.15, 0.2) is 34.0 Å². The summed E-state index contributed by atoms with van der Waals surface area (Å²) in [7, 11) is 0. The van der Waals surface area contributed by atoms with Gasteiger partial charge in [-0.15, -0.1) is 11.8 Å². The minimum Gasteiger partial charge on any atom is -0.470 e. The molecule has 0 saturated carbocycles. The predicted molar refractivity (Wildman–Crippen MR) is 124 cm³/mol. The van der Waals surface area contributed by atoms with E-state index in [0.717, 1.165) is 20.9 Å². The third kappa shape index (κ3) is 7.19. The van der Waals surface area contributed by atoms with Gasteiger partial charge in [0.15, 0.2) is 0 Å². The molecule has 29 heavy (non-hydrogen) atoms. The first-order chi connectivity index (χ1) is 13.6. The van der Waals surface area contributed by atoms with Gasteiger partial charge in [-0.05, 0) is 72.6 Å². The summed E-state index contributed by atoms with van der Waals surface area (Å²) in [6.07, 6.45) is 5.19. The predicted octanol–water partition coefficient (Wildman–Crippen LogP) is 4.93. The molecule has 1 unspecified atom stereocenters. The van der Waals surface area contributed by atoms with E-state index in [1.807, 2.05) is 59.1 Å². The molecule has 1 aromatic carbocycles. The molecule has 1 heterocycles. The second-order valence-electron chi connectivity index (χ2n) is 7.79. The number of hydrogen-bond acceptors (Lipinski definition) is 6. The Morgan fingerprint density at radius 1 is 1.38 bits per heavy atom. The highest BCUT2D eigenvalue weighted by Gasteiger charge is 2.26. The van der Waals surface area contributed by atoms with Gasteiger partial charge in [-0.3, -0.25) is 9.78 Å². The molecule has 0 bridgehead atoms. The highest BCUT2D eigenvalue weighted by molar-refractivity contribution is 9.10. The molecule has 158 valence electrons. The normalized spacial score (nSPS) is 13.1. The van der Waals surface area contributed by atoms with Crippen LogP contribution in [-0.2, 0) is 9.63 Å². The fourth-order valence-corrected chi connectivity index (χ4v) is 3.37. The number of carbonyl (C=O) groups excluding carboxylic acids is 1. The molecule has 0 aliphatic heterocycles. The lowest BCUT2D eigenvalue weighted by atomic mass is 10.1. The maximum atomic E-state index is 12.8. The molecule has 0 fully saturated rings. The van der Waals surface area contributed by atoms with Gasteiger partial charge in [0.2, 0.25) is 5.44 Å². The first-order valence-corrected chi connectivity index (χ1v) is 11.4. The van der Waals surface area contributed by atoms with Crippen LogP contribution in [0.4, 0.5) is 0 Å². The van der Waals surface area contributed by atoms with E-state index in [1.165, 1.54) is 11.8 Å². The number of ether oxygens (including phenoxy) is 1. The second kappa shape index (κ2) is 10.3. The van der Waals surface area contributed by atoms with Gasteiger partial charge < -0.3 is 14.9 Å². The van der Waals surface area contributed by atoms with Crippen molar-refractivity contribution in [2.24, 2.45) is 11.1 Å². The molecule has 1 amide bonds. The number of aryl methyl sites for hydroxylation is 1. The van der Waals surface area contributed by atoms with Crippen molar-refractivity contribution in [2.75, 3.05) is 12.9 Å². The number of fused-ring (bicyclic) bond motifs is 1. The van der Waals surface area contributed by atoms with Gasteiger partial charge in [-0.1, -0.05) is 19.0 Å². The summed E-state index contributed by atoms with van der Waals surface area (Å²) < 4.78 is 6.88. The maximum absolute atomic E-state index is 12.8. The summed E-state index contributed by atoms with van der Waals surface area (Å²) in [6.45, 7) is 10.3. The van der Waals surface area contributed by atoms with Crippen LogP contribution in [0, 0.1) is 12.8 Å². The summed E-state index contributed by atoms with van der Waals surface area (Å²) in [5, 5.41) is 7.85. The molecule has 0 saturated heterocycles. The van der Waals surface area contributed by atoms with Gasteiger partial charge in [0.25, 0.3) is 5.91 Å². The van der Waals surface area contributed by atoms with Gasteiger partial charge in [0.1, 0.15) is 12.4 Å². The first-order valence-electron chi connectivity index (χ1n) is 9.35. The summed E-state index contributed by atoms with van der Waals surface area (Å²) in [6, 6.07) is 5.77. The molecule has 1 atom stereocenters. The number of amides is 1. The zero-order valence-electron chi connectivity index (χ0n) is 17.7. The maximum Gasteiger partial charge on any atom is 0.272 e. The van der Waals surface area contributed by atoms with Crippen LogP contribution >= 0.6 is 27.7 Å². The van der Waals surface area contributed by atoms with E-state index >= 15 is 0 Å². The van der Waals surface area contributed by atoms with Crippen molar-refractivity contribution in [1.82, 2.24) is 10.3 Å². The number of carbonyl (C=O) groups is 1. The first kappa shape index (κ1) is 23.5. The molecular weight excluding hydrogens is 454 g/mol. The fourth-order valence-electron chi connectivity index (χ4n) is 2.54. The van der Waals surface area contributed by atoms with Gasteiger partial charge in [-0.2, -0.15) is 0 Å². The van der Waals surface area contributed by atoms with Gasteiger partial charge in [0.05, 0.1) is 17.3 Å². The van der Waals surface area contributed by atoms with Crippen LogP contribution in [0.5, 0.6) is 5.75 Å². The van der Waals surface area contributed by atoms with Crippen LogP contribution in [0.1, 0.15) is 33.3 Å². The van der Waals surface area contributed by atoms with Crippen molar-refractivity contribution in [1.29, 1.82) is 0 Å². The van der Waals surface area contributed by atoms with E-state index in [0.29, 0.717) is 18.3 Å². The Morgan fingerprint density at radius 3 is 2.76 bits per heavy atom. The zero-order valence-corrected chi connectivity index (χ0v) is 20.1. The molecular formula is C21H28BrN3O3S. The van der Waals surface area contributed by atoms with E-state index < -0.39 is 11.0 Å². The van der Waals surface area contributed by atoms with E-state index in [-0.39, 0.29) is 5.91 Å². The Bertz CT molecular complexity index is 887. The van der Waals surface area contributed by atoms with Crippen molar-refractivity contribution in [3.05, 3.63) is 34.4 Å². The average Bonchev–Trinajstić information content (AvgIpc) is 2.62. The zero-order chi connectivity index (χ0) is 21.6. The second-order valence-corrected chi connectivity index (χ2v) is 9.60. The molecule has 0 aliphatic carbocycles. The van der Waals surface area contributed by atoms with Gasteiger partial charge >= 0.3 is 0 Å². The number of pyridine rings is 1. The number of hydrogen-bond donors (Lipinski definition) is 1. The summed E-state index contributed by atoms with van der Waals surface area (Å²) >= 11 is 4.77. The number of thioether (sulfide) groups is 1. The SMILES string of the molecule is CSC(Oc1cc(C)c2ncc(Br)cc2c1)C(=O)NC(C)(C)/C=N/OCC(C)C. The average molecular weight is 482 g/mol. The molecule has 6 nitrogen and oxygen atoms in total. The molecule has 2 aromatic rings. The Balaban J connectivity index is 2.09. The number of rotatable bonds is 9. The van der Waals surface area contributed by atoms with E-state index in [4.69, 9.17) is 9.57 Å². The smallest absolute Gasteiger partial charge is 0.272 e. The number of benzene rings is 1. The Kier molecular flexibility index (Phi) is 8.34. The van der Waals surface area contributed by atoms with Gasteiger partial charge in [0, 0.05) is 16.1 Å². The number of halogens is 1. The third-order valence-electron chi connectivity index (χ3n) is 3.89. The van der Waals surface area contributed by atoms with E-state index in [9.17, 15) is 4.79 Å². The molecule has 0 radical (unpaired) electrons. The van der Waals surface area contributed by atoms with Crippen molar-refractivity contribution in [2.45, 2.75) is 45.6 Å². The largest absolute Gasteiger partial charge is 0.470 e. The minimum absolute atomic E-state index is 0.233. The summed E-state index contributed by atoms with van der Waals surface area (Å²) in [5.41, 5.74) is 0.528. The quantitative estimate of drug-likeness (QED) is 0.312. The molecule has 0 spiro atoms. The van der Waals surface area contributed by atoms with Crippen molar-refractivity contribution in [3.8, 4) is 5.75 Å². The molecule has 2 rings (SSSR count). The lowest BCUT2D eigenvalue weighted by Gasteiger charge is -2.25. The number of oxime groups is 1. The topological polar surface area (TPSA) is 72.8 Å². The van der Waals surface area contributed by atoms with Gasteiger partial charge in [-0.25, -0.2) is 0 Å². The van der Waals surface area contributed by atoms with E-state index in [2.05, 4.69) is 31.4 Å². The molecule has 1 N–H and O–H groups in total. The third-order valence-corrected chi connectivity index (χ3v) is 5.06. The van der Waals surface area contributed by atoms with Crippen LogP contribution in [0.25, 0.3) is 10.9 Å². The van der Waals surface area contributed by atoms with E-state index in [1.54, 1.807) is 12.4 Å². The van der Waals surface area contributed by atoms with Crippen molar-refractivity contribution < 1.29 is 14.4 Å². The van der Waals surface area contributed by atoms with Crippen LogP contribution in [-0.4, -0.2) is 40.9 Å². The van der Waals surface area contributed by atoms with Crippen LogP contribution in [0.2, 0.25) is 0 Å². The molecule has 1 aromatic heterocycles. The summed E-state index contributed by atoms with van der Waals surface area (Å²) in [5.74, 6) is 0.777. The van der Waals surface area contributed by atoms with Crippen LogP contribution in [0.3, 0.4) is 0 Å². The van der Waals surface area contributed by atoms with Crippen molar-refractivity contribution >= 4 is 50.7 Å². The standard InChI is InChI=1S/C21H28BrN3O3S/c1-13(2)11-27-24-12-21(4,5)25-19(26)20(29-6)28-17-7-14(3)18-15(9-17)8-16(22)10-23-18/h7-10,12-13,20H,11H2,1-6H3,(H,25,26)/b24-12+. The number of aromatic nitrogens is 1. The Hall–Kier alpha value is -1.80. The minimum atomic E-state index is -0.698. The molecule has 8 heteroatoms. The monoisotopic (exact) mass is 481 g/mol. The molecule has 0 aliphatic rings. The van der Waals surface area contributed by atoms with Crippen LogP contribution < -0.4 is 10.1 Å². The van der Waals surface area contributed by atoms with Crippen molar-refractivity contribution in [3.63, 3.8) is 0 Å². The lowest BCUT2D eigenvalue weighted by molar-refractivity contribution is -0.125. The lowest BCUT2D eigenvalue weighted by Crippen LogP contribution is -2.49. The highest BCUT2D eigenvalue weighted by Crippen LogP contribution is 2.27. The number of nitrogens with zero attached hydrogens (tertiary/aromatic N) is 2.